The number of nitrogens with zero attached hydrogens (tertiary/aromatic N) is 1. The molecule has 2 aromatic carbocycles. The van der Waals surface area contributed by atoms with Crippen LogP contribution in [0.5, 0.6) is 11.5 Å². The quantitative estimate of drug-likeness (QED) is 0.299. The molecule has 1 unspecified atom stereocenters. The van der Waals surface area contributed by atoms with Crippen LogP contribution in [0.4, 0.5) is 35.0 Å². The minimum absolute atomic E-state index is 0.147. The molecule has 3 aromatic rings. The summed E-state index contributed by atoms with van der Waals surface area (Å²) < 4.78 is 46.1. The zero-order valence-electron chi connectivity index (χ0n) is 19.4. The first kappa shape index (κ1) is 27.3. The van der Waals surface area contributed by atoms with Gasteiger partial charge in [0.15, 0.2) is 0 Å². The number of hydrogen-bond acceptors (Lipinski definition) is 5. The van der Waals surface area contributed by atoms with Gasteiger partial charge in [-0.25, -0.2) is 4.79 Å². The SMILES string of the molecule is CNC(=O)c1cc(Oc2ccc(NC(=O)Nc3ccc(NC(=O)C(C)Cl)c(C(F)(F)F)c3)cc2)ccn1. The number of anilines is 3. The predicted molar refractivity (Wildman–Crippen MR) is 132 cm³/mol. The minimum atomic E-state index is -4.79. The van der Waals surface area contributed by atoms with Crippen LogP contribution in [-0.2, 0) is 11.0 Å². The number of amides is 4. The number of hydrogen-bond donors (Lipinski definition) is 4. The number of urea groups is 1. The maximum atomic E-state index is 13.5. The molecule has 4 amide bonds. The molecule has 0 fully saturated rings. The number of carbonyl (C=O) groups is 3. The van der Waals surface area contributed by atoms with Gasteiger partial charge in [0.1, 0.15) is 22.6 Å². The first-order chi connectivity index (χ1) is 17.5. The third-order valence-electron chi connectivity index (χ3n) is 4.74. The van der Waals surface area contributed by atoms with Crippen LogP contribution in [0.2, 0.25) is 0 Å². The predicted octanol–water partition coefficient (Wildman–Crippen LogP) is 5.46. The van der Waals surface area contributed by atoms with Gasteiger partial charge < -0.3 is 26.0 Å². The number of pyridine rings is 1. The molecule has 9 nitrogen and oxygen atoms in total. The normalized spacial score (nSPS) is 11.7. The van der Waals surface area contributed by atoms with Crippen LogP contribution < -0.4 is 26.0 Å². The lowest BCUT2D eigenvalue weighted by Gasteiger charge is -2.16. The van der Waals surface area contributed by atoms with Crippen molar-refractivity contribution in [3.63, 3.8) is 0 Å². The Labute approximate surface area is 214 Å². The Kier molecular flexibility index (Phi) is 8.56. The first-order valence-corrected chi connectivity index (χ1v) is 11.1. The molecule has 3 rings (SSSR count). The molecule has 1 aromatic heterocycles. The van der Waals surface area contributed by atoms with Crippen molar-refractivity contribution in [2.24, 2.45) is 0 Å². The Hall–Kier alpha value is -4.32. The summed E-state index contributed by atoms with van der Waals surface area (Å²) in [5.41, 5.74) is -1.27. The van der Waals surface area contributed by atoms with Crippen molar-refractivity contribution in [2.45, 2.75) is 18.5 Å². The second kappa shape index (κ2) is 11.6. The first-order valence-electron chi connectivity index (χ1n) is 10.7. The van der Waals surface area contributed by atoms with E-state index in [2.05, 4.69) is 26.3 Å². The lowest BCUT2D eigenvalue weighted by Crippen LogP contribution is -2.23. The van der Waals surface area contributed by atoms with Crippen LogP contribution in [0.15, 0.2) is 60.8 Å². The summed E-state index contributed by atoms with van der Waals surface area (Å²) >= 11 is 5.61. The van der Waals surface area contributed by atoms with Crippen molar-refractivity contribution in [1.82, 2.24) is 10.3 Å². The number of carbonyl (C=O) groups excluding carboxylic acids is 3. The van der Waals surface area contributed by atoms with Gasteiger partial charge in [0.05, 0.1) is 11.3 Å². The van der Waals surface area contributed by atoms with Crippen LogP contribution in [0.3, 0.4) is 0 Å². The summed E-state index contributed by atoms with van der Waals surface area (Å²) in [4.78, 5) is 39.7. The average Bonchev–Trinajstić information content (AvgIpc) is 2.85. The molecule has 0 bridgehead atoms. The molecular formula is C24H21ClF3N5O4. The Morgan fingerprint density at radius 3 is 2.19 bits per heavy atom. The molecule has 13 heteroatoms. The van der Waals surface area contributed by atoms with Gasteiger partial charge in [-0.1, -0.05) is 0 Å². The van der Waals surface area contributed by atoms with Crippen molar-refractivity contribution in [3.8, 4) is 11.5 Å². The van der Waals surface area contributed by atoms with Crippen LogP contribution in [0, 0.1) is 0 Å². The summed E-state index contributed by atoms with van der Waals surface area (Å²) in [6.07, 6.45) is -3.37. The fourth-order valence-electron chi connectivity index (χ4n) is 2.96. The molecule has 1 atom stereocenters. The summed E-state index contributed by atoms with van der Waals surface area (Å²) in [7, 11) is 1.48. The van der Waals surface area contributed by atoms with Gasteiger partial charge in [-0.3, -0.25) is 14.6 Å². The smallest absolute Gasteiger partial charge is 0.418 e. The van der Waals surface area contributed by atoms with Gasteiger partial charge in [-0.15, -0.1) is 11.6 Å². The van der Waals surface area contributed by atoms with Gasteiger partial charge in [0, 0.05) is 30.7 Å². The number of rotatable bonds is 7. The summed E-state index contributed by atoms with van der Waals surface area (Å²) in [6, 6.07) is 11.3. The Bertz CT molecular complexity index is 1300. The maximum Gasteiger partial charge on any atom is 0.418 e. The van der Waals surface area contributed by atoms with E-state index in [0.717, 1.165) is 6.07 Å². The number of halogens is 4. The van der Waals surface area contributed by atoms with E-state index in [-0.39, 0.29) is 17.3 Å². The topological polar surface area (TPSA) is 121 Å². The molecule has 0 saturated carbocycles. The van der Waals surface area contributed by atoms with Gasteiger partial charge in [0.2, 0.25) is 5.91 Å². The molecule has 1 heterocycles. The van der Waals surface area contributed by atoms with E-state index in [1.165, 1.54) is 44.4 Å². The molecule has 194 valence electrons. The number of benzene rings is 2. The highest BCUT2D eigenvalue weighted by Crippen LogP contribution is 2.37. The third-order valence-corrected chi connectivity index (χ3v) is 4.94. The number of nitrogens with one attached hydrogen (secondary N) is 4. The summed E-state index contributed by atoms with van der Waals surface area (Å²) in [6.45, 7) is 1.32. The van der Waals surface area contributed by atoms with E-state index >= 15 is 0 Å². The average molecular weight is 536 g/mol. The van der Waals surface area contributed by atoms with Crippen LogP contribution in [0.1, 0.15) is 23.0 Å². The fourth-order valence-corrected chi connectivity index (χ4v) is 3.01. The zero-order valence-corrected chi connectivity index (χ0v) is 20.2. The molecule has 0 aliphatic heterocycles. The summed E-state index contributed by atoms with van der Waals surface area (Å²) in [5, 5.41) is 8.35. The van der Waals surface area contributed by atoms with Crippen molar-refractivity contribution >= 4 is 46.5 Å². The van der Waals surface area contributed by atoms with E-state index < -0.39 is 34.7 Å². The van der Waals surface area contributed by atoms with Crippen molar-refractivity contribution in [3.05, 3.63) is 72.1 Å². The van der Waals surface area contributed by atoms with Gasteiger partial charge in [-0.2, -0.15) is 13.2 Å². The monoisotopic (exact) mass is 535 g/mol. The molecule has 0 spiro atoms. The molecule has 0 aliphatic carbocycles. The highest BCUT2D eigenvalue weighted by atomic mass is 35.5. The zero-order chi connectivity index (χ0) is 27.2. The second-order valence-electron chi connectivity index (χ2n) is 7.52. The Morgan fingerprint density at radius 2 is 1.57 bits per heavy atom. The van der Waals surface area contributed by atoms with E-state index in [4.69, 9.17) is 16.3 Å². The molecule has 0 aliphatic rings. The Balaban J connectivity index is 1.65. The number of aromatic nitrogens is 1. The van der Waals surface area contributed by atoms with Crippen molar-refractivity contribution in [2.75, 3.05) is 23.0 Å². The van der Waals surface area contributed by atoms with Crippen molar-refractivity contribution < 1.29 is 32.3 Å². The van der Waals surface area contributed by atoms with Gasteiger partial charge >= 0.3 is 12.2 Å². The van der Waals surface area contributed by atoms with Crippen LogP contribution in [-0.4, -0.2) is 35.3 Å². The van der Waals surface area contributed by atoms with E-state index in [0.29, 0.717) is 23.3 Å². The molecule has 0 saturated heterocycles. The largest absolute Gasteiger partial charge is 0.457 e. The van der Waals surface area contributed by atoms with E-state index in [1.54, 1.807) is 18.2 Å². The lowest BCUT2D eigenvalue weighted by atomic mass is 10.1. The highest BCUT2D eigenvalue weighted by Gasteiger charge is 2.34. The molecule has 37 heavy (non-hydrogen) atoms. The minimum Gasteiger partial charge on any atom is -0.457 e. The van der Waals surface area contributed by atoms with Crippen molar-refractivity contribution in [1.29, 1.82) is 0 Å². The molecular weight excluding hydrogens is 515 g/mol. The number of ether oxygens (including phenoxy) is 1. The standard InChI is InChI=1S/C24H21ClF3N5O4/c1-13(25)21(34)33-19-8-5-15(11-18(19)24(26,27)28)32-23(36)31-14-3-6-16(7-4-14)37-17-9-10-30-20(12-17)22(35)29-2/h3-13H,1-2H3,(H,29,35)(H,33,34)(H2,31,32,36). The van der Waals surface area contributed by atoms with Crippen LogP contribution in [0.25, 0.3) is 0 Å². The fraction of sp³-hybridized carbons (Fsp3) is 0.167. The van der Waals surface area contributed by atoms with Gasteiger partial charge in [-0.05, 0) is 55.5 Å². The lowest BCUT2D eigenvalue weighted by molar-refractivity contribution is -0.136. The van der Waals surface area contributed by atoms with Gasteiger partial charge in [0.25, 0.3) is 5.91 Å². The van der Waals surface area contributed by atoms with E-state index in [9.17, 15) is 27.6 Å². The Morgan fingerprint density at radius 1 is 0.919 bits per heavy atom. The number of alkyl halides is 4. The molecule has 4 N–H and O–H groups in total. The maximum absolute atomic E-state index is 13.5. The highest BCUT2D eigenvalue weighted by molar-refractivity contribution is 6.32. The van der Waals surface area contributed by atoms with Crippen LogP contribution >= 0.6 is 11.6 Å². The third kappa shape index (κ3) is 7.58. The molecule has 0 radical (unpaired) electrons. The second-order valence-corrected chi connectivity index (χ2v) is 8.18. The summed E-state index contributed by atoms with van der Waals surface area (Å²) in [5.74, 6) is -0.400. The van der Waals surface area contributed by atoms with E-state index in [1.807, 2.05) is 0 Å².